The number of carbonyl (C=O) groups is 2. The molecule has 258 valence electrons. The first kappa shape index (κ1) is 32.6. The number of likely N-dealkylation sites (tertiary alicyclic amines) is 1. The Morgan fingerprint density at radius 2 is 1.29 bits per heavy atom. The number of rotatable bonds is 6. The minimum absolute atomic E-state index is 0.0236. The molecule has 2 amide bonds. The van der Waals surface area contributed by atoms with Gasteiger partial charge in [-0.05, 0) is 107 Å². The number of anilines is 4. The molecule has 4 fully saturated rings. The Labute approximate surface area is 296 Å². The van der Waals surface area contributed by atoms with Crippen LogP contribution in [0.3, 0.4) is 0 Å². The maximum Gasteiger partial charge on any atom is 0.244 e. The summed E-state index contributed by atoms with van der Waals surface area (Å²) in [6.45, 7) is 8.25. The number of aryl methyl sites for hydroxylation is 1. The Balaban J connectivity index is 0.000000152. The highest BCUT2D eigenvalue weighted by molar-refractivity contribution is 6.31. The molecule has 0 radical (unpaired) electrons. The Morgan fingerprint density at radius 3 is 1.86 bits per heavy atom. The fourth-order valence-corrected chi connectivity index (χ4v) is 8.54. The number of hydrogen-bond acceptors (Lipinski definition) is 6. The third-order valence-corrected chi connectivity index (χ3v) is 11.6. The lowest BCUT2D eigenvalue weighted by Gasteiger charge is -2.40. The van der Waals surface area contributed by atoms with Crippen LogP contribution >= 0.6 is 11.6 Å². The summed E-state index contributed by atoms with van der Waals surface area (Å²) in [5.41, 5.74) is 6.97. The van der Waals surface area contributed by atoms with Gasteiger partial charge in [0.1, 0.15) is 0 Å². The van der Waals surface area contributed by atoms with Crippen molar-refractivity contribution < 1.29 is 9.59 Å². The summed E-state index contributed by atoms with van der Waals surface area (Å²) in [4.78, 5) is 37.7. The molecule has 6 aliphatic rings. The predicted molar refractivity (Wildman–Crippen MR) is 199 cm³/mol. The number of nitrogens with zero attached hydrogens (tertiary/aromatic N) is 5. The molecule has 4 aliphatic heterocycles. The molecule has 9 rings (SSSR count). The van der Waals surface area contributed by atoms with E-state index in [0.717, 1.165) is 93.5 Å². The average Bonchev–Trinajstić information content (AvgIpc) is 4.06. The maximum absolute atomic E-state index is 13.6. The van der Waals surface area contributed by atoms with Gasteiger partial charge in [-0.3, -0.25) is 14.5 Å². The lowest BCUT2D eigenvalue weighted by atomic mass is 10.1. The molecule has 8 nitrogen and oxygen atoms in total. The molecule has 0 unspecified atom stereocenters. The molecular weight excluding hydrogens is 632 g/mol. The number of amides is 2. The number of halogens is 1. The van der Waals surface area contributed by atoms with E-state index < -0.39 is 0 Å². The highest BCUT2D eigenvalue weighted by Gasteiger charge is 2.40. The normalized spacial score (nSPS) is 23.6. The molecule has 2 aliphatic carbocycles. The van der Waals surface area contributed by atoms with Crippen molar-refractivity contribution in [1.29, 1.82) is 0 Å². The fourth-order valence-electron chi connectivity index (χ4n) is 8.36. The molecule has 0 spiro atoms. The summed E-state index contributed by atoms with van der Waals surface area (Å²) in [7, 11) is 0. The average molecular weight is 681 g/mol. The Morgan fingerprint density at radius 1 is 0.694 bits per heavy atom. The van der Waals surface area contributed by atoms with Gasteiger partial charge < -0.3 is 24.9 Å². The third-order valence-electron chi connectivity index (χ3n) is 11.2. The highest BCUT2D eigenvalue weighted by Crippen LogP contribution is 2.42. The van der Waals surface area contributed by atoms with E-state index in [0.29, 0.717) is 12.1 Å². The number of para-hydroxylation sites is 4. The van der Waals surface area contributed by atoms with Crippen molar-refractivity contribution in [3.8, 4) is 0 Å². The molecule has 2 atom stereocenters. The van der Waals surface area contributed by atoms with Gasteiger partial charge in [-0.2, -0.15) is 0 Å². The Kier molecular flexibility index (Phi) is 9.29. The van der Waals surface area contributed by atoms with Gasteiger partial charge >= 0.3 is 0 Å². The van der Waals surface area contributed by atoms with Crippen LogP contribution in [0.2, 0.25) is 5.02 Å². The Hall–Kier alpha value is -3.59. The summed E-state index contributed by atoms with van der Waals surface area (Å²) in [5.74, 6) is 0.500. The number of hydrogen-bond donors (Lipinski definition) is 1. The van der Waals surface area contributed by atoms with Gasteiger partial charge in [0.2, 0.25) is 11.8 Å². The van der Waals surface area contributed by atoms with Gasteiger partial charge in [-0.25, -0.2) is 0 Å². The summed E-state index contributed by atoms with van der Waals surface area (Å²) < 4.78 is 0. The third kappa shape index (κ3) is 6.80. The molecule has 9 heteroatoms. The van der Waals surface area contributed by atoms with E-state index in [1.807, 2.05) is 28.0 Å². The summed E-state index contributed by atoms with van der Waals surface area (Å²) in [6, 6.07) is 24.3. The molecule has 1 N–H and O–H groups in total. The standard InChI is InChI=1S/C24H28ClN3O.C16H21N3O/c1-17-8-11-20(25)18(15-17)16-26-12-4-7-23(26)24(29)28-14-13-27(19-9-10-19)21-5-2-3-6-22(21)28;20-16(13-4-3-9-17-13)19-11-10-18(12-7-8-12)14-5-1-2-6-15(14)19/h2-3,5-6,8,11,15,19,23H,4,7,9-10,12-14,16H2,1H3;1-2,5-6,12-13,17H,3-4,7-11H2/t23-;13-/m00/s1. The molecule has 0 bridgehead atoms. The molecule has 0 aromatic heterocycles. The SMILES string of the molecule is Cc1ccc(Cl)c(CN2CCC[C@H]2C(=O)N2CCN(C3CC3)c3ccccc32)c1.O=C([C@@H]1CCCN1)N1CCN(C2CC2)c2ccccc21. The van der Waals surface area contributed by atoms with Gasteiger partial charge in [0.15, 0.2) is 0 Å². The molecule has 3 aromatic rings. The second-order valence-electron chi connectivity index (χ2n) is 14.7. The van der Waals surface area contributed by atoms with Crippen molar-refractivity contribution in [2.24, 2.45) is 0 Å². The van der Waals surface area contributed by atoms with Gasteiger partial charge in [-0.15, -0.1) is 0 Å². The number of nitrogens with one attached hydrogen (secondary N) is 1. The minimum Gasteiger partial charge on any atom is -0.365 e. The van der Waals surface area contributed by atoms with Crippen molar-refractivity contribution in [1.82, 2.24) is 10.2 Å². The van der Waals surface area contributed by atoms with Gasteiger partial charge in [0, 0.05) is 49.8 Å². The van der Waals surface area contributed by atoms with Crippen LogP contribution in [0, 0.1) is 6.92 Å². The minimum atomic E-state index is -0.0629. The summed E-state index contributed by atoms with van der Waals surface area (Å²) in [5, 5.41) is 4.11. The molecule has 2 saturated heterocycles. The van der Waals surface area contributed by atoms with E-state index in [2.05, 4.69) is 75.5 Å². The quantitative estimate of drug-likeness (QED) is 0.326. The molecule has 3 aromatic carbocycles. The Bertz CT molecular complexity index is 1680. The molecule has 49 heavy (non-hydrogen) atoms. The van der Waals surface area contributed by atoms with Crippen LogP contribution in [0.25, 0.3) is 0 Å². The monoisotopic (exact) mass is 680 g/mol. The fraction of sp³-hybridized carbons (Fsp3) is 0.500. The second kappa shape index (κ2) is 14.0. The van der Waals surface area contributed by atoms with Crippen LogP contribution in [-0.4, -0.2) is 80.2 Å². The topological polar surface area (TPSA) is 62.4 Å². The van der Waals surface area contributed by atoms with Crippen molar-refractivity contribution in [2.45, 2.75) is 89.0 Å². The predicted octanol–water partition coefficient (Wildman–Crippen LogP) is 6.38. The summed E-state index contributed by atoms with van der Waals surface area (Å²) in [6.07, 6.45) is 9.21. The lowest BCUT2D eigenvalue weighted by molar-refractivity contribution is -0.123. The second-order valence-corrected chi connectivity index (χ2v) is 15.1. The number of carbonyl (C=O) groups excluding carboxylic acids is 2. The maximum atomic E-state index is 13.6. The van der Waals surface area contributed by atoms with Crippen molar-refractivity contribution in [3.63, 3.8) is 0 Å². The largest absolute Gasteiger partial charge is 0.365 e. The summed E-state index contributed by atoms with van der Waals surface area (Å²) >= 11 is 6.44. The molecule has 4 heterocycles. The van der Waals surface area contributed by atoms with E-state index in [-0.39, 0.29) is 23.9 Å². The number of benzene rings is 3. The van der Waals surface area contributed by atoms with Gasteiger partial charge in [-0.1, -0.05) is 53.6 Å². The first-order chi connectivity index (χ1) is 24.0. The van der Waals surface area contributed by atoms with Crippen LogP contribution in [0.1, 0.15) is 62.5 Å². The van der Waals surface area contributed by atoms with Crippen LogP contribution in [0.5, 0.6) is 0 Å². The van der Waals surface area contributed by atoms with Crippen molar-refractivity contribution in [3.05, 3.63) is 82.9 Å². The smallest absolute Gasteiger partial charge is 0.244 e. The lowest BCUT2D eigenvalue weighted by Crippen LogP contribution is -2.51. The zero-order chi connectivity index (χ0) is 33.5. The number of fused-ring (bicyclic) bond motifs is 2. The van der Waals surface area contributed by atoms with Crippen molar-refractivity contribution >= 4 is 46.2 Å². The van der Waals surface area contributed by atoms with Gasteiger partial charge in [0.05, 0.1) is 34.8 Å². The van der Waals surface area contributed by atoms with E-state index in [4.69, 9.17) is 11.6 Å². The van der Waals surface area contributed by atoms with Crippen LogP contribution in [0.15, 0.2) is 66.7 Å². The van der Waals surface area contributed by atoms with Crippen LogP contribution < -0.4 is 24.9 Å². The molecular formula is C40H49ClN6O2. The first-order valence-corrected chi connectivity index (χ1v) is 18.9. The van der Waals surface area contributed by atoms with Crippen LogP contribution in [0.4, 0.5) is 22.7 Å². The zero-order valence-electron chi connectivity index (χ0n) is 28.7. The zero-order valence-corrected chi connectivity index (χ0v) is 29.5. The van der Waals surface area contributed by atoms with E-state index in [9.17, 15) is 9.59 Å². The van der Waals surface area contributed by atoms with E-state index in [1.165, 1.54) is 42.6 Å². The van der Waals surface area contributed by atoms with Crippen molar-refractivity contribution in [2.75, 3.05) is 58.9 Å². The molecule has 2 saturated carbocycles. The van der Waals surface area contributed by atoms with Crippen LogP contribution in [-0.2, 0) is 16.1 Å². The first-order valence-electron chi connectivity index (χ1n) is 18.5. The van der Waals surface area contributed by atoms with E-state index in [1.54, 1.807) is 0 Å². The van der Waals surface area contributed by atoms with Gasteiger partial charge in [0.25, 0.3) is 0 Å². The van der Waals surface area contributed by atoms with E-state index >= 15 is 0 Å². The highest BCUT2D eigenvalue weighted by atomic mass is 35.5.